The fourth-order valence-electron chi connectivity index (χ4n) is 1.72. The van der Waals surface area contributed by atoms with Crippen LogP contribution in [0.15, 0.2) is 35.3 Å². The standard InChI is InChI=1S/C14H12F3N3O3/c1-2-23-12(22)10-7-18-13(20-11(10)21)19-9-5-3-4-8(6-9)14(15,16)17/h3-7H,2H2,1H3,(H2,18,19,20,21). The molecule has 0 saturated heterocycles. The van der Waals surface area contributed by atoms with Crippen LogP contribution in [0, 0.1) is 0 Å². The average Bonchev–Trinajstić information content (AvgIpc) is 2.47. The maximum absolute atomic E-state index is 12.6. The molecule has 2 N–H and O–H groups in total. The van der Waals surface area contributed by atoms with Crippen LogP contribution < -0.4 is 10.9 Å². The van der Waals surface area contributed by atoms with Crippen LogP contribution in [0.4, 0.5) is 24.8 Å². The minimum atomic E-state index is -4.48. The smallest absolute Gasteiger partial charge is 0.416 e. The topological polar surface area (TPSA) is 84.1 Å². The molecule has 0 unspecified atom stereocenters. The Bertz CT molecular complexity index is 772. The number of H-pyrrole nitrogens is 1. The monoisotopic (exact) mass is 327 g/mol. The van der Waals surface area contributed by atoms with Gasteiger partial charge in [-0.3, -0.25) is 9.78 Å². The number of benzene rings is 1. The first kappa shape index (κ1) is 16.5. The van der Waals surface area contributed by atoms with Gasteiger partial charge in [0.25, 0.3) is 5.56 Å². The number of nitrogens with zero attached hydrogens (tertiary/aromatic N) is 1. The molecule has 0 radical (unpaired) electrons. The molecule has 0 amide bonds. The first-order chi connectivity index (χ1) is 10.8. The van der Waals surface area contributed by atoms with Gasteiger partial charge in [0.15, 0.2) is 0 Å². The van der Waals surface area contributed by atoms with Crippen molar-refractivity contribution in [2.75, 3.05) is 11.9 Å². The van der Waals surface area contributed by atoms with Crippen molar-refractivity contribution in [2.45, 2.75) is 13.1 Å². The summed E-state index contributed by atoms with van der Waals surface area (Å²) in [4.78, 5) is 29.3. The van der Waals surface area contributed by atoms with Crippen molar-refractivity contribution < 1.29 is 22.7 Å². The molecule has 0 aliphatic carbocycles. The average molecular weight is 327 g/mol. The molecule has 9 heteroatoms. The third-order valence-corrected chi connectivity index (χ3v) is 2.75. The second-order valence-corrected chi connectivity index (χ2v) is 4.40. The molecule has 23 heavy (non-hydrogen) atoms. The van der Waals surface area contributed by atoms with Crippen molar-refractivity contribution in [3.8, 4) is 0 Å². The zero-order valence-corrected chi connectivity index (χ0v) is 11.9. The van der Waals surface area contributed by atoms with E-state index >= 15 is 0 Å². The molecule has 2 aromatic rings. The predicted octanol–water partition coefficient (Wildman–Crippen LogP) is 2.71. The van der Waals surface area contributed by atoms with Crippen molar-refractivity contribution >= 4 is 17.6 Å². The zero-order chi connectivity index (χ0) is 17.0. The number of carbonyl (C=O) groups is 1. The van der Waals surface area contributed by atoms with E-state index in [0.717, 1.165) is 18.3 Å². The van der Waals surface area contributed by atoms with Crippen molar-refractivity contribution in [1.82, 2.24) is 9.97 Å². The molecule has 122 valence electrons. The summed E-state index contributed by atoms with van der Waals surface area (Å²) in [7, 11) is 0. The first-order valence-electron chi connectivity index (χ1n) is 6.52. The number of aromatic nitrogens is 2. The summed E-state index contributed by atoms with van der Waals surface area (Å²) in [6.45, 7) is 1.69. The predicted molar refractivity (Wildman–Crippen MR) is 75.5 cm³/mol. The van der Waals surface area contributed by atoms with Crippen molar-refractivity contribution in [3.05, 3.63) is 51.9 Å². The minimum Gasteiger partial charge on any atom is -0.462 e. The summed E-state index contributed by atoms with van der Waals surface area (Å²) in [6.07, 6.45) is -3.49. The molecular weight excluding hydrogens is 315 g/mol. The number of nitrogens with one attached hydrogen (secondary N) is 2. The molecule has 0 atom stereocenters. The normalized spacial score (nSPS) is 11.1. The highest BCUT2D eigenvalue weighted by molar-refractivity contribution is 5.88. The number of alkyl halides is 3. The Morgan fingerprint density at radius 2 is 2.13 bits per heavy atom. The maximum Gasteiger partial charge on any atom is 0.416 e. The highest BCUT2D eigenvalue weighted by Crippen LogP contribution is 2.31. The van der Waals surface area contributed by atoms with E-state index in [9.17, 15) is 22.8 Å². The quantitative estimate of drug-likeness (QED) is 0.844. The molecule has 0 bridgehead atoms. The second-order valence-electron chi connectivity index (χ2n) is 4.40. The molecular formula is C14H12F3N3O3. The highest BCUT2D eigenvalue weighted by atomic mass is 19.4. The van der Waals surface area contributed by atoms with Gasteiger partial charge in [-0.2, -0.15) is 13.2 Å². The lowest BCUT2D eigenvalue weighted by Gasteiger charge is -2.10. The third-order valence-electron chi connectivity index (χ3n) is 2.75. The van der Waals surface area contributed by atoms with Crippen LogP contribution in [0.25, 0.3) is 0 Å². The maximum atomic E-state index is 12.6. The van der Waals surface area contributed by atoms with Crippen LogP contribution in [0.2, 0.25) is 0 Å². The van der Waals surface area contributed by atoms with Crippen LogP contribution >= 0.6 is 0 Å². The number of aromatic amines is 1. The van der Waals surface area contributed by atoms with E-state index in [4.69, 9.17) is 0 Å². The van der Waals surface area contributed by atoms with Gasteiger partial charge in [0.1, 0.15) is 5.56 Å². The number of ether oxygens (including phenoxy) is 1. The Morgan fingerprint density at radius 1 is 1.39 bits per heavy atom. The fourth-order valence-corrected chi connectivity index (χ4v) is 1.72. The van der Waals surface area contributed by atoms with Gasteiger partial charge in [-0.1, -0.05) is 6.07 Å². The van der Waals surface area contributed by atoms with E-state index in [1.807, 2.05) is 0 Å². The van der Waals surface area contributed by atoms with Gasteiger partial charge >= 0.3 is 12.1 Å². The van der Waals surface area contributed by atoms with Crippen molar-refractivity contribution in [3.63, 3.8) is 0 Å². The Labute approximate surface area is 128 Å². The Kier molecular flexibility index (Phi) is 4.68. The van der Waals surface area contributed by atoms with E-state index in [0.29, 0.717) is 0 Å². The summed E-state index contributed by atoms with van der Waals surface area (Å²) in [5, 5.41) is 2.54. The molecule has 1 heterocycles. The van der Waals surface area contributed by atoms with Gasteiger partial charge in [0.05, 0.1) is 18.4 Å². The van der Waals surface area contributed by atoms with Crippen LogP contribution in [0.3, 0.4) is 0 Å². The second kappa shape index (κ2) is 6.51. The van der Waals surface area contributed by atoms with Crippen LogP contribution in [0.1, 0.15) is 22.8 Å². The molecule has 0 saturated carbocycles. The van der Waals surface area contributed by atoms with Crippen LogP contribution in [0.5, 0.6) is 0 Å². The molecule has 1 aromatic carbocycles. The number of anilines is 2. The summed E-state index contributed by atoms with van der Waals surface area (Å²) < 4.78 is 42.6. The van der Waals surface area contributed by atoms with Gasteiger partial charge < -0.3 is 10.1 Å². The summed E-state index contributed by atoms with van der Waals surface area (Å²) in [5.41, 5.74) is -1.80. The van der Waals surface area contributed by atoms with E-state index in [1.54, 1.807) is 6.92 Å². The molecule has 0 spiro atoms. The highest BCUT2D eigenvalue weighted by Gasteiger charge is 2.30. The van der Waals surface area contributed by atoms with E-state index in [-0.39, 0.29) is 23.8 Å². The molecule has 2 rings (SSSR count). The number of halogens is 3. The van der Waals surface area contributed by atoms with Gasteiger partial charge in [0.2, 0.25) is 5.95 Å². The fraction of sp³-hybridized carbons (Fsp3) is 0.214. The van der Waals surface area contributed by atoms with E-state index in [2.05, 4.69) is 20.0 Å². The number of carbonyl (C=O) groups excluding carboxylic acids is 1. The summed E-state index contributed by atoms with van der Waals surface area (Å²) >= 11 is 0. The molecule has 0 aliphatic heterocycles. The number of rotatable bonds is 4. The number of hydrogen-bond acceptors (Lipinski definition) is 5. The molecule has 1 aromatic heterocycles. The van der Waals surface area contributed by atoms with E-state index < -0.39 is 23.3 Å². The minimum absolute atomic E-state index is 0.0897. The Balaban J connectivity index is 2.23. The van der Waals surface area contributed by atoms with Gasteiger partial charge in [0, 0.05) is 5.69 Å². The summed E-state index contributed by atoms with van der Waals surface area (Å²) in [5.74, 6) is -0.922. The van der Waals surface area contributed by atoms with Gasteiger partial charge in [-0.15, -0.1) is 0 Å². The van der Waals surface area contributed by atoms with Crippen molar-refractivity contribution in [2.24, 2.45) is 0 Å². The van der Waals surface area contributed by atoms with Gasteiger partial charge in [-0.05, 0) is 25.1 Å². The lowest BCUT2D eigenvalue weighted by Crippen LogP contribution is -2.21. The first-order valence-corrected chi connectivity index (χ1v) is 6.52. The Hall–Kier alpha value is -2.84. The third kappa shape index (κ3) is 4.09. The number of hydrogen-bond donors (Lipinski definition) is 2. The molecule has 0 fully saturated rings. The lowest BCUT2D eigenvalue weighted by molar-refractivity contribution is -0.137. The van der Waals surface area contributed by atoms with Crippen LogP contribution in [-0.4, -0.2) is 22.5 Å². The largest absolute Gasteiger partial charge is 0.462 e. The SMILES string of the molecule is CCOC(=O)c1cnc(Nc2cccc(C(F)(F)F)c2)[nH]c1=O. The molecule has 0 aliphatic rings. The van der Waals surface area contributed by atoms with Gasteiger partial charge in [-0.25, -0.2) is 9.78 Å². The Morgan fingerprint density at radius 3 is 2.74 bits per heavy atom. The van der Waals surface area contributed by atoms with Crippen LogP contribution in [-0.2, 0) is 10.9 Å². The summed E-state index contributed by atoms with van der Waals surface area (Å²) in [6, 6.07) is 4.40. The van der Waals surface area contributed by atoms with Crippen molar-refractivity contribution in [1.29, 1.82) is 0 Å². The number of esters is 1. The lowest BCUT2D eigenvalue weighted by atomic mass is 10.2. The van der Waals surface area contributed by atoms with E-state index in [1.165, 1.54) is 12.1 Å². The zero-order valence-electron chi connectivity index (χ0n) is 11.9. The molecule has 6 nitrogen and oxygen atoms in total.